The minimum atomic E-state index is 0.0853. The number of carbonyl (C=O) groups is 1. The standard InChI is InChI=1S/2C12H23N3.C12H26O.C11H23NO.C9H20/c1-11(2,3)7-10-8-15(14-13-10)9-12(4,5)6;1-11(2,3)7-10-8-13-14-15(10)9-12(4,5)6;1-11(2,3)8-7-9-13-10-12(4,5)6;1-10(2,3)7-9(13)12-8-11(4,5)6;1-8(2,3)7-9(4,5)6/h2*8H,7,9H2,1-6H3;7-10H2,1-6H3;7-8H2,1-6H3,(H,12,13);7H2,1-6H3. The molecule has 2 rings (SSSR count). The molecular formula is C56H115N7O2. The summed E-state index contributed by atoms with van der Waals surface area (Å²) in [5.41, 5.74) is 5.38. The summed E-state index contributed by atoms with van der Waals surface area (Å²) in [7, 11) is 0. The lowest BCUT2D eigenvalue weighted by atomic mass is 9.78. The number of nitrogens with one attached hydrogen (secondary N) is 1. The molecule has 386 valence electrons. The van der Waals surface area contributed by atoms with Gasteiger partial charge in [-0.05, 0) is 86.3 Å². The Morgan fingerprint density at radius 2 is 1.02 bits per heavy atom. The monoisotopic (exact) mass is 918 g/mol. The van der Waals surface area contributed by atoms with Gasteiger partial charge in [-0.25, -0.2) is 4.68 Å². The van der Waals surface area contributed by atoms with Crippen LogP contribution in [0.2, 0.25) is 0 Å². The van der Waals surface area contributed by atoms with Crippen LogP contribution in [0.1, 0.15) is 245 Å². The molecule has 0 bridgehead atoms. The molecule has 9 nitrogen and oxygen atoms in total. The second-order valence-electron chi connectivity index (χ2n) is 31.0. The fourth-order valence-corrected chi connectivity index (χ4v) is 6.65. The molecule has 2 heterocycles. The molecule has 0 radical (unpaired) electrons. The highest BCUT2D eigenvalue weighted by molar-refractivity contribution is 5.76. The van der Waals surface area contributed by atoms with E-state index in [-0.39, 0.29) is 38.4 Å². The van der Waals surface area contributed by atoms with Gasteiger partial charge in [0, 0.05) is 38.9 Å². The summed E-state index contributed by atoms with van der Waals surface area (Å²) in [4.78, 5) is 11.4. The van der Waals surface area contributed by atoms with Crippen LogP contribution in [0.15, 0.2) is 12.4 Å². The van der Waals surface area contributed by atoms with Crippen molar-refractivity contribution in [2.24, 2.45) is 54.1 Å². The third kappa shape index (κ3) is 54.2. The predicted octanol–water partition coefficient (Wildman–Crippen LogP) is 15.8. The molecule has 0 aliphatic rings. The predicted molar refractivity (Wildman–Crippen MR) is 284 cm³/mol. The lowest BCUT2D eigenvalue weighted by Gasteiger charge is -2.28. The molecule has 0 saturated heterocycles. The van der Waals surface area contributed by atoms with Crippen molar-refractivity contribution in [3.63, 3.8) is 0 Å². The fraction of sp³-hybridized carbons (Fsp3) is 0.911. The van der Waals surface area contributed by atoms with Gasteiger partial charge in [-0.2, -0.15) is 0 Å². The molecule has 65 heavy (non-hydrogen) atoms. The molecule has 0 unspecified atom stereocenters. The SMILES string of the molecule is CC(C)(C)CC(C)(C)C.CC(C)(C)CCCOCC(C)(C)C.CC(C)(C)CNC(=O)CC(C)(C)C.CC(C)(C)Cc1cn(CC(C)(C)C)nn1.CC(C)(C)Cc1cnnn1CC(C)(C)C. The number of carbonyl (C=O) groups excluding carboxylic acids is 1. The van der Waals surface area contributed by atoms with Crippen molar-refractivity contribution in [2.45, 2.75) is 259 Å². The van der Waals surface area contributed by atoms with Crippen LogP contribution < -0.4 is 5.32 Å². The number of ether oxygens (including phenoxy) is 1. The van der Waals surface area contributed by atoms with Crippen LogP contribution >= 0.6 is 0 Å². The van der Waals surface area contributed by atoms with Crippen molar-refractivity contribution in [3.05, 3.63) is 23.8 Å². The van der Waals surface area contributed by atoms with E-state index in [0.29, 0.717) is 28.1 Å². The van der Waals surface area contributed by atoms with E-state index >= 15 is 0 Å². The average molecular weight is 919 g/mol. The molecule has 0 atom stereocenters. The fourth-order valence-electron chi connectivity index (χ4n) is 6.65. The molecular weight excluding hydrogens is 803 g/mol. The first kappa shape index (κ1) is 67.0. The van der Waals surface area contributed by atoms with Crippen molar-refractivity contribution >= 4 is 5.91 Å². The summed E-state index contributed by atoms with van der Waals surface area (Å²) in [6, 6.07) is 0. The molecule has 0 aliphatic heterocycles. The second kappa shape index (κ2) is 27.0. The van der Waals surface area contributed by atoms with E-state index in [2.05, 4.69) is 240 Å². The maximum atomic E-state index is 11.4. The van der Waals surface area contributed by atoms with Gasteiger partial charge in [-0.3, -0.25) is 9.48 Å². The van der Waals surface area contributed by atoms with Crippen molar-refractivity contribution in [2.75, 3.05) is 19.8 Å². The Balaban J connectivity index is -0.000000747. The lowest BCUT2D eigenvalue weighted by molar-refractivity contribution is -0.123. The maximum absolute atomic E-state index is 11.4. The van der Waals surface area contributed by atoms with Gasteiger partial charge in [0.05, 0.1) is 24.2 Å². The van der Waals surface area contributed by atoms with Crippen LogP contribution in [0.4, 0.5) is 0 Å². The van der Waals surface area contributed by atoms with Gasteiger partial charge < -0.3 is 10.1 Å². The minimum Gasteiger partial charge on any atom is -0.381 e. The Hall–Kier alpha value is -2.29. The first-order chi connectivity index (χ1) is 28.3. The van der Waals surface area contributed by atoms with Gasteiger partial charge in [0.25, 0.3) is 0 Å². The first-order valence-electron chi connectivity index (χ1n) is 25.0. The minimum absolute atomic E-state index is 0.0853. The molecule has 0 saturated carbocycles. The lowest BCUT2D eigenvalue weighted by Crippen LogP contribution is -2.34. The van der Waals surface area contributed by atoms with Crippen LogP contribution in [0, 0.1) is 54.1 Å². The van der Waals surface area contributed by atoms with Crippen molar-refractivity contribution in [1.29, 1.82) is 0 Å². The highest BCUT2D eigenvalue weighted by atomic mass is 16.5. The van der Waals surface area contributed by atoms with E-state index in [9.17, 15) is 4.79 Å². The van der Waals surface area contributed by atoms with Crippen LogP contribution in [-0.4, -0.2) is 55.7 Å². The molecule has 2 aromatic rings. The van der Waals surface area contributed by atoms with Crippen LogP contribution in [0.3, 0.4) is 0 Å². The topological polar surface area (TPSA) is 99.8 Å². The zero-order valence-corrected chi connectivity index (χ0v) is 49.4. The van der Waals surface area contributed by atoms with Crippen molar-refractivity contribution in [3.8, 4) is 0 Å². The highest BCUT2D eigenvalue weighted by Gasteiger charge is 2.22. The third-order valence-electron chi connectivity index (χ3n) is 8.29. The van der Waals surface area contributed by atoms with E-state index in [1.54, 1.807) is 0 Å². The van der Waals surface area contributed by atoms with Gasteiger partial charge in [-0.1, -0.05) is 218 Å². The molecule has 1 N–H and O–H groups in total. The smallest absolute Gasteiger partial charge is 0.220 e. The Kier molecular flexibility index (Phi) is 27.9. The normalized spacial score (nSPS) is 13.3. The Morgan fingerprint density at radius 1 is 0.538 bits per heavy atom. The summed E-state index contributed by atoms with van der Waals surface area (Å²) < 4.78 is 9.57. The number of hydrogen-bond acceptors (Lipinski definition) is 6. The average Bonchev–Trinajstić information content (AvgIpc) is 3.57. The van der Waals surface area contributed by atoms with E-state index < -0.39 is 0 Å². The molecule has 0 spiro atoms. The Morgan fingerprint density at radius 3 is 1.37 bits per heavy atom. The summed E-state index contributed by atoms with van der Waals surface area (Å²) in [6.45, 7) is 70.8. The number of rotatable bonds is 10. The van der Waals surface area contributed by atoms with E-state index in [0.717, 1.165) is 51.4 Å². The molecule has 1 amide bonds. The molecule has 0 aliphatic carbocycles. The van der Waals surface area contributed by atoms with Gasteiger partial charge in [0.2, 0.25) is 5.91 Å². The first-order valence-corrected chi connectivity index (χ1v) is 25.0. The number of amides is 1. The summed E-state index contributed by atoms with van der Waals surface area (Å²) in [5.74, 6) is 0.155. The van der Waals surface area contributed by atoms with Crippen LogP contribution in [-0.2, 0) is 35.5 Å². The van der Waals surface area contributed by atoms with E-state index in [1.807, 2.05) is 15.6 Å². The van der Waals surface area contributed by atoms with Crippen LogP contribution in [0.25, 0.3) is 0 Å². The number of nitrogens with zero attached hydrogens (tertiary/aromatic N) is 6. The maximum Gasteiger partial charge on any atom is 0.220 e. The second-order valence-corrected chi connectivity index (χ2v) is 31.0. The molecule has 9 heteroatoms. The zero-order valence-electron chi connectivity index (χ0n) is 49.4. The van der Waals surface area contributed by atoms with Gasteiger partial charge in [0.1, 0.15) is 0 Å². The summed E-state index contributed by atoms with van der Waals surface area (Å²) >= 11 is 0. The number of hydrogen-bond donors (Lipinski definition) is 1. The third-order valence-corrected chi connectivity index (χ3v) is 8.29. The van der Waals surface area contributed by atoms with E-state index in [4.69, 9.17) is 4.74 Å². The molecule has 0 aromatic carbocycles. The van der Waals surface area contributed by atoms with Gasteiger partial charge in [0.15, 0.2) is 0 Å². The number of aromatic nitrogens is 6. The molecule has 0 fully saturated rings. The highest BCUT2D eigenvalue weighted by Crippen LogP contribution is 2.32. The van der Waals surface area contributed by atoms with Crippen LogP contribution in [0.5, 0.6) is 0 Å². The van der Waals surface area contributed by atoms with Crippen molar-refractivity contribution in [1.82, 2.24) is 35.3 Å². The Bertz CT molecular complexity index is 1440. The van der Waals surface area contributed by atoms with Gasteiger partial charge >= 0.3 is 0 Å². The molecule has 2 aromatic heterocycles. The van der Waals surface area contributed by atoms with Crippen molar-refractivity contribution < 1.29 is 9.53 Å². The van der Waals surface area contributed by atoms with E-state index in [1.165, 1.54) is 25.0 Å². The summed E-state index contributed by atoms with van der Waals surface area (Å²) in [6.07, 6.45) is 10.3. The zero-order chi connectivity index (χ0) is 52.3. The quantitative estimate of drug-likeness (QED) is 0.238. The largest absolute Gasteiger partial charge is 0.381 e. The van der Waals surface area contributed by atoms with Gasteiger partial charge in [-0.15, -0.1) is 10.2 Å². The Labute approximate surface area is 406 Å². The summed E-state index contributed by atoms with van der Waals surface area (Å²) in [5, 5.41) is 19.4.